The second-order valence-corrected chi connectivity index (χ2v) is 7.12. The molecule has 0 radical (unpaired) electrons. The van der Waals surface area contributed by atoms with Gasteiger partial charge >= 0.3 is 0 Å². The molecule has 1 aromatic rings. The minimum Gasteiger partial charge on any atom is -0.308 e. The molecule has 0 saturated carbocycles. The summed E-state index contributed by atoms with van der Waals surface area (Å²) in [6.07, 6.45) is 0. The van der Waals surface area contributed by atoms with E-state index in [9.17, 15) is 0 Å². The molecule has 0 aromatic heterocycles. The summed E-state index contributed by atoms with van der Waals surface area (Å²) in [6, 6.07) is 9.20. The van der Waals surface area contributed by atoms with Gasteiger partial charge in [0.25, 0.3) is 0 Å². The second-order valence-electron chi connectivity index (χ2n) is 7.12. The number of likely N-dealkylation sites (N-methyl/N-ethyl adjacent to an activating group) is 1. The molecule has 1 unspecified atom stereocenters. The molecule has 118 valence electrons. The summed E-state index contributed by atoms with van der Waals surface area (Å²) in [5.41, 5.74) is 2.92. The van der Waals surface area contributed by atoms with Crippen molar-refractivity contribution in [1.29, 1.82) is 0 Å². The third-order valence-corrected chi connectivity index (χ3v) is 4.74. The highest BCUT2D eigenvalue weighted by Crippen LogP contribution is 2.19. The summed E-state index contributed by atoms with van der Waals surface area (Å²) in [4.78, 5) is 5.03. The molecule has 1 fully saturated rings. The van der Waals surface area contributed by atoms with Crippen LogP contribution in [0.5, 0.6) is 0 Å². The van der Waals surface area contributed by atoms with Gasteiger partial charge < -0.3 is 10.2 Å². The van der Waals surface area contributed by atoms with Gasteiger partial charge in [0.05, 0.1) is 0 Å². The van der Waals surface area contributed by atoms with Crippen LogP contribution in [0.2, 0.25) is 0 Å². The standard InChI is InChI=1S/C18H31N3/c1-15-7-6-8-17(13-15)16(2)19-14-18(3,4)21-11-9-20(5)10-12-21/h6-8,13,16,19H,9-12,14H2,1-5H3. The van der Waals surface area contributed by atoms with E-state index in [2.05, 4.69) is 74.1 Å². The van der Waals surface area contributed by atoms with E-state index in [1.54, 1.807) is 0 Å². The van der Waals surface area contributed by atoms with Gasteiger partial charge in [0, 0.05) is 44.3 Å². The van der Waals surface area contributed by atoms with Crippen molar-refractivity contribution in [2.24, 2.45) is 0 Å². The highest BCUT2D eigenvalue weighted by Gasteiger charge is 2.29. The Labute approximate surface area is 130 Å². The van der Waals surface area contributed by atoms with E-state index in [1.165, 1.54) is 37.3 Å². The van der Waals surface area contributed by atoms with Crippen LogP contribution < -0.4 is 5.32 Å². The van der Waals surface area contributed by atoms with Gasteiger partial charge in [0.15, 0.2) is 0 Å². The lowest BCUT2D eigenvalue weighted by molar-refractivity contribution is 0.0605. The number of rotatable bonds is 5. The first-order valence-electron chi connectivity index (χ1n) is 8.12. The van der Waals surface area contributed by atoms with Gasteiger partial charge in [-0.25, -0.2) is 0 Å². The molecule has 21 heavy (non-hydrogen) atoms. The largest absolute Gasteiger partial charge is 0.308 e. The predicted octanol–water partition coefficient (Wildman–Crippen LogP) is 2.67. The molecular weight excluding hydrogens is 258 g/mol. The van der Waals surface area contributed by atoms with E-state index in [0.717, 1.165) is 6.54 Å². The lowest BCUT2D eigenvalue weighted by atomic mass is 9.99. The maximum Gasteiger partial charge on any atom is 0.0292 e. The molecular formula is C18H31N3. The van der Waals surface area contributed by atoms with Crippen molar-refractivity contribution in [3.8, 4) is 0 Å². The van der Waals surface area contributed by atoms with Gasteiger partial charge in [-0.15, -0.1) is 0 Å². The van der Waals surface area contributed by atoms with Crippen molar-refractivity contribution >= 4 is 0 Å². The van der Waals surface area contributed by atoms with Crippen molar-refractivity contribution in [2.75, 3.05) is 39.8 Å². The fourth-order valence-corrected chi connectivity index (χ4v) is 2.98. The smallest absolute Gasteiger partial charge is 0.0292 e. The molecule has 1 heterocycles. The molecule has 1 aliphatic rings. The molecule has 2 rings (SSSR count). The molecule has 0 spiro atoms. The van der Waals surface area contributed by atoms with Gasteiger partial charge in [-0.3, -0.25) is 4.90 Å². The third-order valence-electron chi connectivity index (χ3n) is 4.74. The van der Waals surface area contributed by atoms with Crippen LogP contribution in [0.25, 0.3) is 0 Å². The Hall–Kier alpha value is -0.900. The first-order chi connectivity index (χ1) is 9.88. The minimum atomic E-state index is 0.208. The van der Waals surface area contributed by atoms with E-state index in [4.69, 9.17) is 0 Å². The van der Waals surface area contributed by atoms with Crippen LogP contribution in [0.3, 0.4) is 0 Å². The van der Waals surface area contributed by atoms with E-state index in [1.807, 2.05) is 0 Å². The van der Waals surface area contributed by atoms with Crippen LogP contribution in [0, 0.1) is 6.92 Å². The normalized spacial score (nSPS) is 19.7. The van der Waals surface area contributed by atoms with E-state index < -0.39 is 0 Å². The molecule has 0 aliphatic carbocycles. The molecule has 1 aromatic carbocycles. The zero-order valence-corrected chi connectivity index (χ0v) is 14.3. The zero-order chi connectivity index (χ0) is 15.5. The van der Waals surface area contributed by atoms with E-state index >= 15 is 0 Å². The van der Waals surface area contributed by atoms with Crippen molar-refractivity contribution in [3.63, 3.8) is 0 Å². The summed E-state index contributed by atoms with van der Waals surface area (Å²) in [6.45, 7) is 14.8. The summed E-state index contributed by atoms with van der Waals surface area (Å²) < 4.78 is 0. The van der Waals surface area contributed by atoms with Gasteiger partial charge in [-0.05, 0) is 40.3 Å². The van der Waals surface area contributed by atoms with Gasteiger partial charge in [-0.2, -0.15) is 0 Å². The average molecular weight is 289 g/mol. The monoisotopic (exact) mass is 289 g/mol. The summed E-state index contributed by atoms with van der Waals surface area (Å²) in [5, 5.41) is 3.72. The van der Waals surface area contributed by atoms with Crippen LogP contribution in [0.4, 0.5) is 0 Å². The van der Waals surface area contributed by atoms with Crippen LogP contribution >= 0.6 is 0 Å². The first-order valence-corrected chi connectivity index (χ1v) is 8.12. The maximum absolute atomic E-state index is 3.72. The Morgan fingerprint density at radius 3 is 2.48 bits per heavy atom. The highest BCUT2D eigenvalue weighted by molar-refractivity contribution is 5.24. The number of benzene rings is 1. The third kappa shape index (κ3) is 4.53. The minimum absolute atomic E-state index is 0.208. The zero-order valence-electron chi connectivity index (χ0n) is 14.3. The first kappa shape index (κ1) is 16.5. The molecule has 1 saturated heterocycles. The van der Waals surface area contributed by atoms with Crippen molar-refractivity contribution in [3.05, 3.63) is 35.4 Å². The number of piperazine rings is 1. The quantitative estimate of drug-likeness (QED) is 0.899. The van der Waals surface area contributed by atoms with Crippen LogP contribution in [0.1, 0.15) is 37.9 Å². The molecule has 1 N–H and O–H groups in total. The number of hydrogen-bond acceptors (Lipinski definition) is 3. The fourth-order valence-electron chi connectivity index (χ4n) is 2.98. The van der Waals surface area contributed by atoms with Crippen molar-refractivity contribution in [1.82, 2.24) is 15.1 Å². The molecule has 0 bridgehead atoms. The predicted molar refractivity (Wildman–Crippen MR) is 90.7 cm³/mol. The van der Waals surface area contributed by atoms with Crippen LogP contribution in [-0.4, -0.2) is 55.1 Å². The highest BCUT2D eigenvalue weighted by atomic mass is 15.3. The molecule has 1 atom stereocenters. The molecule has 0 amide bonds. The Morgan fingerprint density at radius 2 is 1.86 bits per heavy atom. The number of nitrogens with zero attached hydrogens (tertiary/aromatic N) is 2. The van der Waals surface area contributed by atoms with Gasteiger partial charge in [-0.1, -0.05) is 29.8 Å². The maximum atomic E-state index is 3.72. The SMILES string of the molecule is Cc1cccc(C(C)NCC(C)(C)N2CCN(C)CC2)c1. The number of hydrogen-bond donors (Lipinski definition) is 1. The van der Waals surface area contributed by atoms with Crippen LogP contribution in [-0.2, 0) is 0 Å². The Morgan fingerprint density at radius 1 is 1.19 bits per heavy atom. The van der Waals surface area contributed by atoms with Crippen molar-refractivity contribution in [2.45, 2.75) is 39.3 Å². The Bertz CT molecular complexity index is 448. The number of aryl methyl sites for hydroxylation is 1. The summed E-state index contributed by atoms with van der Waals surface area (Å²) in [7, 11) is 2.21. The van der Waals surface area contributed by atoms with Gasteiger partial charge in [0.2, 0.25) is 0 Å². The van der Waals surface area contributed by atoms with Crippen molar-refractivity contribution < 1.29 is 0 Å². The fraction of sp³-hybridized carbons (Fsp3) is 0.667. The lowest BCUT2D eigenvalue weighted by Crippen LogP contribution is -2.57. The molecule has 1 aliphatic heterocycles. The van der Waals surface area contributed by atoms with Crippen LogP contribution in [0.15, 0.2) is 24.3 Å². The Kier molecular flexibility index (Phi) is 5.42. The summed E-state index contributed by atoms with van der Waals surface area (Å²) >= 11 is 0. The molecule has 3 heteroatoms. The lowest BCUT2D eigenvalue weighted by Gasteiger charge is -2.44. The molecule has 3 nitrogen and oxygen atoms in total. The topological polar surface area (TPSA) is 18.5 Å². The van der Waals surface area contributed by atoms with E-state index in [-0.39, 0.29) is 5.54 Å². The average Bonchev–Trinajstić information content (AvgIpc) is 2.45. The number of nitrogens with one attached hydrogen (secondary N) is 1. The Balaban J connectivity index is 1.89. The van der Waals surface area contributed by atoms with E-state index in [0.29, 0.717) is 6.04 Å². The second kappa shape index (κ2) is 6.91. The van der Waals surface area contributed by atoms with Gasteiger partial charge in [0.1, 0.15) is 0 Å². The summed E-state index contributed by atoms with van der Waals surface area (Å²) in [5.74, 6) is 0.